The summed E-state index contributed by atoms with van der Waals surface area (Å²) in [6.07, 6.45) is 3.10. The molecule has 6 heteroatoms. The van der Waals surface area contributed by atoms with E-state index >= 15 is 0 Å². The molecule has 1 N–H and O–H groups in total. The Labute approximate surface area is 114 Å². The SMILES string of the molecule is O=C(O)[C@H]1CCO[C@@H]1c1cnn(-c2ccccc2F)c1. The third-order valence-electron chi connectivity index (χ3n) is 3.44. The monoisotopic (exact) mass is 276 g/mol. The van der Waals surface area contributed by atoms with Gasteiger partial charge in [0.1, 0.15) is 11.5 Å². The molecule has 1 fully saturated rings. The summed E-state index contributed by atoms with van der Waals surface area (Å²) < 4.78 is 20.5. The molecule has 1 aliphatic rings. The number of carboxylic acids is 1. The molecule has 2 heterocycles. The Balaban J connectivity index is 1.91. The van der Waals surface area contributed by atoms with Crippen molar-refractivity contribution in [2.45, 2.75) is 12.5 Å². The van der Waals surface area contributed by atoms with Crippen molar-refractivity contribution in [2.75, 3.05) is 6.61 Å². The van der Waals surface area contributed by atoms with Crippen molar-refractivity contribution in [1.82, 2.24) is 9.78 Å². The van der Waals surface area contributed by atoms with Gasteiger partial charge in [-0.2, -0.15) is 5.10 Å². The first-order chi connectivity index (χ1) is 9.66. The van der Waals surface area contributed by atoms with E-state index < -0.39 is 18.0 Å². The summed E-state index contributed by atoms with van der Waals surface area (Å²) in [4.78, 5) is 11.1. The maximum absolute atomic E-state index is 13.7. The number of rotatable bonds is 3. The van der Waals surface area contributed by atoms with E-state index in [1.807, 2.05) is 0 Å². The Morgan fingerprint density at radius 1 is 1.45 bits per heavy atom. The molecule has 0 unspecified atom stereocenters. The fourth-order valence-electron chi connectivity index (χ4n) is 2.42. The molecule has 3 rings (SSSR count). The molecule has 0 radical (unpaired) electrons. The lowest BCUT2D eigenvalue weighted by molar-refractivity contribution is -0.143. The fourth-order valence-corrected chi connectivity index (χ4v) is 2.42. The maximum atomic E-state index is 13.7. The number of benzene rings is 1. The highest BCUT2D eigenvalue weighted by molar-refractivity contribution is 5.71. The number of para-hydroxylation sites is 1. The zero-order valence-electron chi connectivity index (χ0n) is 10.6. The zero-order chi connectivity index (χ0) is 14.1. The van der Waals surface area contributed by atoms with Crippen molar-refractivity contribution in [2.24, 2.45) is 5.92 Å². The Bertz CT molecular complexity index is 641. The lowest BCUT2D eigenvalue weighted by Crippen LogP contribution is -2.17. The fraction of sp³-hybridized carbons (Fsp3) is 0.286. The van der Waals surface area contributed by atoms with Crippen molar-refractivity contribution in [3.63, 3.8) is 0 Å². The first-order valence-corrected chi connectivity index (χ1v) is 6.30. The molecule has 2 aromatic rings. The van der Waals surface area contributed by atoms with Gasteiger partial charge in [0.2, 0.25) is 0 Å². The molecule has 1 aromatic heterocycles. The van der Waals surface area contributed by atoms with Gasteiger partial charge >= 0.3 is 5.97 Å². The summed E-state index contributed by atoms with van der Waals surface area (Å²) in [6.45, 7) is 0.409. The summed E-state index contributed by atoms with van der Waals surface area (Å²) in [6, 6.07) is 6.27. The minimum atomic E-state index is -0.883. The van der Waals surface area contributed by atoms with Gasteiger partial charge in [0.25, 0.3) is 0 Å². The van der Waals surface area contributed by atoms with E-state index in [9.17, 15) is 9.18 Å². The first-order valence-electron chi connectivity index (χ1n) is 6.30. The van der Waals surface area contributed by atoms with Gasteiger partial charge in [0.15, 0.2) is 0 Å². The van der Waals surface area contributed by atoms with Crippen molar-refractivity contribution < 1.29 is 19.0 Å². The van der Waals surface area contributed by atoms with Crippen LogP contribution in [0.25, 0.3) is 5.69 Å². The van der Waals surface area contributed by atoms with E-state index in [2.05, 4.69) is 5.10 Å². The quantitative estimate of drug-likeness (QED) is 0.933. The smallest absolute Gasteiger partial charge is 0.309 e. The summed E-state index contributed by atoms with van der Waals surface area (Å²) in [5, 5.41) is 13.2. The molecule has 0 saturated carbocycles. The molecule has 0 bridgehead atoms. The lowest BCUT2D eigenvalue weighted by atomic mass is 9.98. The summed E-state index contributed by atoms with van der Waals surface area (Å²) >= 11 is 0. The number of carboxylic acid groups (broad SMARTS) is 1. The molecule has 0 amide bonds. The van der Waals surface area contributed by atoms with E-state index in [4.69, 9.17) is 9.84 Å². The van der Waals surface area contributed by atoms with Crippen LogP contribution in [-0.2, 0) is 9.53 Å². The van der Waals surface area contributed by atoms with Crippen molar-refractivity contribution in [3.8, 4) is 5.69 Å². The Morgan fingerprint density at radius 3 is 3.00 bits per heavy atom. The van der Waals surface area contributed by atoms with E-state index in [0.717, 1.165) is 0 Å². The number of nitrogens with zero attached hydrogens (tertiary/aromatic N) is 2. The molecular formula is C14H13FN2O3. The normalized spacial score (nSPS) is 22.1. The van der Waals surface area contributed by atoms with E-state index in [1.165, 1.54) is 16.9 Å². The minimum Gasteiger partial charge on any atom is -0.481 e. The predicted molar refractivity (Wildman–Crippen MR) is 68.0 cm³/mol. The van der Waals surface area contributed by atoms with Crippen LogP contribution in [0.15, 0.2) is 36.7 Å². The Kier molecular flexibility index (Phi) is 3.23. The summed E-state index contributed by atoms with van der Waals surface area (Å²) in [7, 11) is 0. The highest BCUT2D eigenvalue weighted by Crippen LogP contribution is 2.34. The first kappa shape index (κ1) is 12.8. The van der Waals surface area contributed by atoms with Crippen LogP contribution in [0.5, 0.6) is 0 Å². The van der Waals surface area contributed by atoms with Crippen LogP contribution in [0.4, 0.5) is 4.39 Å². The number of halogens is 1. The number of aliphatic carboxylic acids is 1. The number of aromatic nitrogens is 2. The van der Waals surface area contributed by atoms with Crippen LogP contribution in [0.2, 0.25) is 0 Å². The molecule has 1 aliphatic heterocycles. The molecule has 1 saturated heterocycles. The van der Waals surface area contributed by atoms with Gasteiger partial charge in [-0.05, 0) is 18.6 Å². The maximum Gasteiger partial charge on any atom is 0.309 e. The topological polar surface area (TPSA) is 64.3 Å². The second-order valence-electron chi connectivity index (χ2n) is 4.69. The highest BCUT2D eigenvalue weighted by Gasteiger charge is 2.36. The van der Waals surface area contributed by atoms with Gasteiger partial charge < -0.3 is 9.84 Å². The van der Waals surface area contributed by atoms with Crippen molar-refractivity contribution in [3.05, 3.63) is 48.0 Å². The van der Waals surface area contributed by atoms with E-state index in [1.54, 1.807) is 24.4 Å². The molecular weight excluding hydrogens is 263 g/mol. The Morgan fingerprint density at radius 2 is 2.25 bits per heavy atom. The average molecular weight is 276 g/mol. The van der Waals surface area contributed by atoms with Crippen molar-refractivity contribution >= 4 is 5.97 Å². The summed E-state index contributed by atoms with van der Waals surface area (Å²) in [5.74, 6) is -1.84. The Hall–Kier alpha value is -2.21. The number of hydrogen-bond acceptors (Lipinski definition) is 3. The van der Waals surface area contributed by atoms with Gasteiger partial charge in [0.05, 0.1) is 18.2 Å². The predicted octanol–water partition coefficient (Wildman–Crippen LogP) is 2.17. The van der Waals surface area contributed by atoms with E-state index in [0.29, 0.717) is 24.3 Å². The number of carbonyl (C=O) groups is 1. The zero-order valence-corrected chi connectivity index (χ0v) is 10.6. The number of ether oxygens (including phenoxy) is 1. The molecule has 0 aliphatic carbocycles. The van der Waals surface area contributed by atoms with Gasteiger partial charge in [-0.3, -0.25) is 4.79 Å². The van der Waals surface area contributed by atoms with Gasteiger partial charge in [-0.15, -0.1) is 0 Å². The second kappa shape index (κ2) is 5.05. The van der Waals surface area contributed by atoms with Gasteiger partial charge in [0, 0.05) is 18.4 Å². The van der Waals surface area contributed by atoms with Crippen LogP contribution in [0, 0.1) is 11.7 Å². The third-order valence-corrected chi connectivity index (χ3v) is 3.44. The molecule has 5 nitrogen and oxygen atoms in total. The van der Waals surface area contributed by atoms with Crippen LogP contribution < -0.4 is 0 Å². The van der Waals surface area contributed by atoms with Crippen LogP contribution in [-0.4, -0.2) is 27.5 Å². The molecule has 104 valence electrons. The van der Waals surface area contributed by atoms with Crippen molar-refractivity contribution in [1.29, 1.82) is 0 Å². The molecule has 20 heavy (non-hydrogen) atoms. The minimum absolute atomic E-state index is 0.323. The van der Waals surface area contributed by atoms with Crippen LogP contribution in [0.3, 0.4) is 0 Å². The van der Waals surface area contributed by atoms with Gasteiger partial charge in [-0.1, -0.05) is 12.1 Å². The average Bonchev–Trinajstić information content (AvgIpc) is 3.07. The lowest BCUT2D eigenvalue weighted by Gasteiger charge is -2.12. The molecule has 1 aromatic carbocycles. The molecule has 0 spiro atoms. The van der Waals surface area contributed by atoms with Gasteiger partial charge in [-0.25, -0.2) is 9.07 Å². The third kappa shape index (κ3) is 2.18. The van der Waals surface area contributed by atoms with Crippen LogP contribution in [0.1, 0.15) is 18.1 Å². The van der Waals surface area contributed by atoms with Crippen LogP contribution >= 0.6 is 0 Å². The largest absolute Gasteiger partial charge is 0.481 e. The highest BCUT2D eigenvalue weighted by atomic mass is 19.1. The van der Waals surface area contributed by atoms with E-state index in [-0.39, 0.29) is 5.82 Å². The standard InChI is InChI=1S/C14H13FN2O3/c15-11-3-1-2-4-12(11)17-8-9(7-16-17)13-10(14(18)19)5-6-20-13/h1-4,7-8,10,13H,5-6H2,(H,18,19)/t10-,13+/m0/s1. The summed E-state index contributed by atoms with van der Waals surface area (Å²) in [5.41, 5.74) is 0.974. The molecule has 2 atom stereocenters. The second-order valence-corrected chi connectivity index (χ2v) is 4.69. The number of hydrogen-bond donors (Lipinski definition) is 1.